The fourth-order valence-electron chi connectivity index (χ4n) is 1.64. The SMILES string of the molecule is Cn1ccnc1CNc1nnc(CNC2CC2)o1. The summed E-state index contributed by atoms with van der Waals surface area (Å²) in [5, 5.41) is 14.3. The Labute approximate surface area is 105 Å². The summed E-state index contributed by atoms with van der Waals surface area (Å²) in [7, 11) is 1.95. The Hall–Kier alpha value is -1.89. The second kappa shape index (κ2) is 4.77. The number of anilines is 1. The first-order chi connectivity index (χ1) is 8.81. The molecule has 2 aromatic rings. The lowest BCUT2D eigenvalue weighted by atomic mass is 10.6. The number of hydrogen-bond acceptors (Lipinski definition) is 6. The van der Waals surface area contributed by atoms with E-state index in [1.54, 1.807) is 6.20 Å². The highest BCUT2D eigenvalue weighted by molar-refractivity contribution is 5.18. The minimum atomic E-state index is 0.436. The molecule has 1 fully saturated rings. The Balaban J connectivity index is 1.51. The molecule has 0 aromatic carbocycles. The lowest BCUT2D eigenvalue weighted by molar-refractivity contribution is 0.475. The number of imidazole rings is 1. The van der Waals surface area contributed by atoms with Crippen LogP contribution in [0.1, 0.15) is 24.6 Å². The third-order valence-corrected chi connectivity index (χ3v) is 2.90. The van der Waals surface area contributed by atoms with Crippen LogP contribution in [-0.2, 0) is 20.1 Å². The average molecular weight is 248 g/mol. The van der Waals surface area contributed by atoms with Crippen molar-refractivity contribution in [3.63, 3.8) is 0 Å². The zero-order valence-corrected chi connectivity index (χ0v) is 10.3. The molecule has 2 heterocycles. The Kier molecular flexibility index (Phi) is 2.97. The standard InChI is InChI=1S/C11H16N6O/c1-17-5-4-12-9(17)6-14-11-16-15-10(18-11)7-13-8-2-3-8/h4-5,8,13H,2-3,6-7H2,1H3,(H,14,16). The monoisotopic (exact) mass is 248 g/mol. The molecule has 0 aliphatic heterocycles. The Morgan fingerprint density at radius 2 is 2.28 bits per heavy atom. The molecule has 1 aliphatic rings. The summed E-state index contributed by atoms with van der Waals surface area (Å²) in [6, 6.07) is 1.08. The van der Waals surface area contributed by atoms with Crippen LogP contribution >= 0.6 is 0 Å². The predicted molar refractivity (Wildman–Crippen MR) is 64.7 cm³/mol. The Morgan fingerprint density at radius 1 is 1.39 bits per heavy atom. The molecule has 3 rings (SSSR count). The van der Waals surface area contributed by atoms with E-state index in [-0.39, 0.29) is 0 Å². The van der Waals surface area contributed by atoms with Crippen molar-refractivity contribution in [3.05, 3.63) is 24.1 Å². The highest BCUT2D eigenvalue weighted by atomic mass is 16.4. The second-order valence-corrected chi connectivity index (χ2v) is 4.46. The minimum absolute atomic E-state index is 0.436. The molecule has 0 spiro atoms. The molecule has 18 heavy (non-hydrogen) atoms. The molecule has 7 heteroatoms. The summed E-state index contributed by atoms with van der Waals surface area (Å²) in [4.78, 5) is 4.20. The van der Waals surface area contributed by atoms with E-state index in [2.05, 4.69) is 25.8 Å². The maximum absolute atomic E-state index is 5.47. The number of rotatable bonds is 6. The van der Waals surface area contributed by atoms with Gasteiger partial charge in [-0.1, -0.05) is 5.10 Å². The summed E-state index contributed by atoms with van der Waals surface area (Å²) in [6.45, 7) is 1.21. The predicted octanol–water partition coefficient (Wildman–Crippen LogP) is 0.667. The van der Waals surface area contributed by atoms with Crippen LogP contribution in [0.2, 0.25) is 0 Å². The van der Waals surface area contributed by atoms with Gasteiger partial charge in [-0.15, -0.1) is 5.10 Å². The van der Waals surface area contributed by atoms with Gasteiger partial charge in [0.15, 0.2) is 0 Å². The Morgan fingerprint density at radius 3 is 3.00 bits per heavy atom. The molecule has 2 N–H and O–H groups in total. The normalized spacial score (nSPS) is 14.9. The van der Waals surface area contributed by atoms with Crippen LogP contribution in [0.5, 0.6) is 0 Å². The number of aryl methyl sites for hydroxylation is 1. The van der Waals surface area contributed by atoms with Crippen LogP contribution in [0.25, 0.3) is 0 Å². The van der Waals surface area contributed by atoms with Crippen molar-refractivity contribution in [1.82, 2.24) is 25.1 Å². The molecule has 1 saturated carbocycles. The van der Waals surface area contributed by atoms with E-state index in [0.29, 0.717) is 31.0 Å². The van der Waals surface area contributed by atoms with Crippen molar-refractivity contribution in [2.75, 3.05) is 5.32 Å². The molecule has 0 unspecified atom stereocenters. The summed E-state index contributed by atoms with van der Waals surface area (Å²) >= 11 is 0. The van der Waals surface area contributed by atoms with Crippen LogP contribution in [-0.4, -0.2) is 25.8 Å². The van der Waals surface area contributed by atoms with Gasteiger partial charge in [0.05, 0.1) is 13.1 Å². The van der Waals surface area contributed by atoms with E-state index in [1.165, 1.54) is 12.8 Å². The van der Waals surface area contributed by atoms with Crippen molar-refractivity contribution in [3.8, 4) is 0 Å². The fraction of sp³-hybridized carbons (Fsp3) is 0.545. The molecule has 96 valence electrons. The second-order valence-electron chi connectivity index (χ2n) is 4.46. The highest BCUT2D eigenvalue weighted by Crippen LogP contribution is 2.19. The van der Waals surface area contributed by atoms with Crippen LogP contribution in [0, 0.1) is 0 Å². The third-order valence-electron chi connectivity index (χ3n) is 2.90. The summed E-state index contributed by atoms with van der Waals surface area (Å²) < 4.78 is 7.41. The van der Waals surface area contributed by atoms with Crippen molar-refractivity contribution in [1.29, 1.82) is 0 Å². The third kappa shape index (κ3) is 2.67. The van der Waals surface area contributed by atoms with Crippen LogP contribution in [0.15, 0.2) is 16.8 Å². The molecule has 2 aromatic heterocycles. The van der Waals surface area contributed by atoms with Gasteiger partial charge in [0.2, 0.25) is 5.89 Å². The smallest absolute Gasteiger partial charge is 0.315 e. The van der Waals surface area contributed by atoms with Gasteiger partial charge >= 0.3 is 6.01 Å². The van der Waals surface area contributed by atoms with Crippen LogP contribution in [0.3, 0.4) is 0 Å². The van der Waals surface area contributed by atoms with Gasteiger partial charge in [0.1, 0.15) is 5.82 Å². The first-order valence-corrected chi connectivity index (χ1v) is 6.07. The topological polar surface area (TPSA) is 80.8 Å². The number of nitrogens with zero attached hydrogens (tertiary/aromatic N) is 4. The lowest BCUT2D eigenvalue weighted by Gasteiger charge is -2.01. The highest BCUT2D eigenvalue weighted by Gasteiger charge is 2.21. The van der Waals surface area contributed by atoms with Gasteiger partial charge in [-0.25, -0.2) is 4.98 Å². The van der Waals surface area contributed by atoms with Gasteiger partial charge in [0.25, 0.3) is 0 Å². The minimum Gasteiger partial charge on any atom is -0.407 e. The summed E-state index contributed by atoms with van der Waals surface area (Å²) in [5.74, 6) is 1.54. The lowest BCUT2D eigenvalue weighted by Crippen LogP contribution is -2.15. The van der Waals surface area contributed by atoms with E-state index in [4.69, 9.17) is 4.42 Å². The number of aromatic nitrogens is 4. The van der Waals surface area contributed by atoms with E-state index in [0.717, 1.165) is 5.82 Å². The van der Waals surface area contributed by atoms with E-state index in [9.17, 15) is 0 Å². The summed E-state index contributed by atoms with van der Waals surface area (Å²) in [5.41, 5.74) is 0. The van der Waals surface area contributed by atoms with Crippen molar-refractivity contribution < 1.29 is 4.42 Å². The van der Waals surface area contributed by atoms with Crippen molar-refractivity contribution in [2.45, 2.75) is 32.0 Å². The van der Waals surface area contributed by atoms with Crippen LogP contribution in [0.4, 0.5) is 6.01 Å². The quantitative estimate of drug-likeness (QED) is 0.782. The van der Waals surface area contributed by atoms with Gasteiger partial charge < -0.3 is 19.6 Å². The van der Waals surface area contributed by atoms with Gasteiger partial charge in [-0.2, -0.15) is 0 Å². The Bertz CT molecular complexity index is 515. The molecule has 1 aliphatic carbocycles. The number of nitrogens with one attached hydrogen (secondary N) is 2. The molecule has 0 radical (unpaired) electrons. The summed E-state index contributed by atoms with van der Waals surface area (Å²) in [6.07, 6.45) is 6.16. The largest absolute Gasteiger partial charge is 0.407 e. The zero-order chi connectivity index (χ0) is 12.4. The van der Waals surface area contributed by atoms with E-state index >= 15 is 0 Å². The first kappa shape index (κ1) is 11.2. The molecule has 0 amide bonds. The van der Waals surface area contributed by atoms with Crippen LogP contribution < -0.4 is 10.6 Å². The molecule has 0 bridgehead atoms. The number of hydrogen-bond donors (Lipinski definition) is 2. The fourth-order valence-corrected chi connectivity index (χ4v) is 1.64. The maximum Gasteiger partial charge on any atom is 0.315 e. The maximum atomic E-state index is 5.47. The van der Waals surface area contributed by atoms with Crippen molar-refractivity contribution >= 4 is 6.01 Å². The van der Waals surface area contributed by atoms with Crippen molar-refractivity contribution in [2.24, 2.45) is 7.05 Å². The molecule has 7 nitrogen and oxygen atoms in total. The molecule has 0 saturated heterocycles. The zero-order valence-electron chi connectivity index (χ0n) is 10.3. The molecular weight excluding hydrogens is 232 g/mol. The van der Waals surface area contributed by atoms with Gasteiger partial charge in [0, 0.05) is 25.5 Å². The van der Waals surface area contributed by atoms with Gasteiger partial charge in [-0.05, 0) is 12.8 Å². The first-order valence-electron chi connectivity index (χ1n) is 6.07. The van der Waals surface area contributed by atoms with Gasteiger partial charge in [-0.3, -0.25) is 0 Å². The average Bonchev–Trinajstić information content (AvgIpc) is 2.94. The molecular formula is C11H16N6O. The molecule has 0 atom stereocenters. The van der Waals surface area contributed by atoms with E-state index in [1.807, 2.05) is 17.8 Å². The van der Waals surface area contributed by atoms with E-state index < -0.39 is 0 Å².